The summed E-state index contributed by atoms with van der Waals surface area (Å²) < 4.78 is 5.04. The number of pyridine rings is 1. The lowest BCUT2D eigenvalue weighted by Gasteiger charge is -2.13. The molecule has 0 saturated carbocycles. The van der Waals surface area contributed by atoms with E-state index in [9.17, 15) is 0 Å². The fourth-order valence-corrected chi connectivity index (χ4v) is 1.77. The van der Waals surface area contributed by atoms with Crippen LogP contribution in [0.15, 0.2) is 18.3 Å². The number of hydrogen-bond acceptors (Lipinski definition) is 4. The number of rotatable bonds is 5. The number of nitrogens with one attached hydrogen (secondary N) is 1. The summed E-state index contributed by atoms with van der Waals surface area (Å²) in [7, 11) is 1.62. The second-order valence-electron chi connectivity index (χ2n) is 3.09. The second-order valence-corrected chi connectivity index (χ2v) is 4.00. The van der Waals surface area contributed by atoms with Gasteiger partial charge in [0.2, 0.25) is 5.88 Å². The van der Waals surface area contributed by atoms with Crippen LogP contribution in [0.2, 0.25) is 0 Å². The SMILES string of the molecule is COc1cc(NC(C)CSC)ccn1. The molecule has 1 N–H and O–H groups in total. The average Bonchev–Trinajstić information content (AvgIpc) is 2.18. The molecule has 1 unspecified atom stereocenters. The standard InChI is InChI=1S/C10H16N2OS/c1-8(7-14-3)12-9-4-5-11-10(6-9)13-2/h4-6,8H,7H2,1-3H3,(H,11,12). The van der Waals surface area contributed by atoms with Crippen LogP contribution in [0.5, 0.6) is 5.88 Å². The molecule has 4 heteroatoms. The first-order valence-electron chi connectivity index (χ1n) is 4.51. The Kier molecular flexibility index (Phi) is 4.59. The lowest BCUT2D eigenvalue weighted by Crippen LogP contribution is -2.17. The lowest BCUT2D eigenvalue weighted by molar-refractivity contribution is 0.398. The summed E-state index contributed by atoms with van der Waals surface area (Å²) in [5, 5.41) is 3.38. The van der Waals surface area contributed by atoms with Crippen LogP contribution in [0.4, 0.5) is 5.69 Å². The Balaban J connectivity index is 2.57. The van der Waals surface area contributed by atoms with E-state index in [-0.39, 0.29) is 0 Å². The van der Waals surface area contributed by atoms with Crippen LogP contribution < -0.4 is 10.1 Å². The van der Waals surface area contributed by atoms with Gasteiger partial charge in [0.25, 0.3) is 0 Å². The number of aromatic nitrogens is 1. The fourth-order valence-electron chi connectivity index (χ4n) is 1.19. The first-order valence-corrected chi connectivity index (χ1v) is 5.91. The number of anilines is 1. The molecule has 1 aromatic rings. The minimum Gasteiger partial charge on any atom is -0.481 e. The molecule has 0 aliphatic heterocycles. The van der Waals surface area contributed by atoms with Crippen molar-refractivity contribution in [3.8, 4) is 5.88 Å². The topological polar surface area (TPSA) is 34.1 Å². The molecule has 78 valence electrons. The third-order valence-corrected chi connectivity index (χ3v) is 2.61. The van der Waals surface area contributed by atoms with Crippen molar-refractivity contribution in [2.45, 2.75) is 13.0 Å². The van der Waals surface area contributed by atoms with Crippen molar-refractivity contribution in [3.05, 3.63) is 18.3 Å². The van der Waals surface area contributed by atoms with Crippen molar-refractivity contribution in [1.29, 1.82) is 0 Å². The molecule has 0 aliphatic rings. The maximum atomic E-state index is 5.04. The Morgan fingerprint density at radius 3 is 3.07 bits per heavy atom. The second kappa shape index (κ2) is 5.75. The van der Waals surface area contributed by atoms with E-state index < -0.39 is 0 Å². The van der Waals surface area contributed by atoms with E-state index in [2.05, 4.69) is 23.5 Å². The highest BCUT2D eigenvalue weighted by Gasteiger charge is 2.01. The molecule has 0 saturated heterocycles. The number of thioether (sulfide) groups is 1. The van der Waals surface area contributed by atoms with Gasteiger partial charge in [-0.05, 0) is 19.2 Å². The van der Waals surface area contributed by atoms with Crippen LogP contribution in [-0.4, -0.2) is 30.1 Å². The van der Waals surface area contributed by atoms with E-state index in [4.69, 9.17) is 4.74 Å². The summed E-state index contributed by atoms with van der Waals surface area (Å²) in [6.07, 6.45) is 3.85. The van der Waals surface area contributed by atoms with E-state index in [1.165, 1.54) is 0 Å². The molecule has 0 aromatic carbocycles. The third-order valence-electron chi connectivity index (χ3n) is 1.77. The summed E-state index contributed by atoms with van der Waals surface area (Å²) in [4.78, 5) is 4.04. The normalized spacial score (nSPS) is 12.2. The molecule has 0 radical (unpaired) electrons. The van der Waals surface area contributed by atoms with Crippen molar-refractivity contribution in [1.82, 2.24) is 4.98 Å². The van der Waals surface area contributed by atoms with Gasteiger partial charge >= 0.3 is 0 Å². The minimum atomic E-state index is 0.456. The highest BCUT2D eigenvalue weighted by Crippen LogP contribution is 2.14. The van der Waals surface area contributed by atoms with E-state index in [0.29, 0.717) is 11.9 Å². The largest absolute Gasteiger partial charge is 0.481 e. The molecule has 14 heavy (non-hydrogen) atoms. The quantitative estimate of drug-likeness (QED) is 0.811. The van der Waals surface area contributed by atoms with Gasteiger partial charge in [-0.25, -0.2) is 4.98 Å². The zero-order chi connectivity index (χ0) is 10.4. The fraction of sp³-hybridized carbons (Fsp3) is 0.500. The number of methoxy groups -OCH3 is 1. The van der Waals surface area contributed by atoms with Gasteiger partial charge in [-0.3, -0.25) is 0 Å². The lowest BCUT2D eigenvalue weighted by atomic mass is 10.3. The summed E-state index contributed by atoms with van der Waals surface area (Å²) in [5.41, 5.74) is 1.05. The molecular formula is C10H16N2OS. The predicted octanol–water partition coefficient (Wildman–Crippen LogP) is 2.25. The highest BCUT2D eigenvalue weighted by atomic mass is 32.2. The molecule has 0 spiro atoms. The zero-order valence-electron chi connectivity index (χ0n) is 8.78. The Bertz CT molecular complexity index is 281. The van der Waals surface area contributed by atoms with E-state index >= 15 is 0 Å². The summed E-state index contributed by atoms with van der Waals surface area (Å²) >= 11 is 1.83. The predicted molar refractivity (Wildman–Crippen MR) is 62.3 cm³/mol. The molecule has 0 fully saturated rings. The van der Waals surface area contributed by atoms with Gasteiger partial charge in [0.1, 0.15) is 0 Å². The first kappa shape index (κ1) is 11.2. The molecule has 0 bridgehead atoms. The Morgan fingerprint density at radius 2 is 2.43 bits per heavy atom. The molecule has 1 atom stereocenters. The van der Waals surface area contributed by atoms with Gasteiger partial charge in [0.15, 0.2) is 0 Å². The van der Waals surface area contributed by atoms with Crippen LogP contribution in [0.25, 0.3) is 0 Å². The summed E-state index contributed by atoms with van der Waals surface area (Å²) in [5.74, 6) is 1.73. The van der Waals surface area contributed by atoms with Crippen molar-refractivity contribution < 1.29 is 4.74 Å². The van der Waals surface area contributed by atoms with Gasteiger partial charge < -0.3 is 10.1 Å². The zero-order valence-corrected chi connectivity index (χ0v) is 9.60. The van der Waals surface area contributed by atoms with Crippen LogP contribution >= 0.6 is 11.8 Å². The molecule has 0 aliphatic carbocycles. The van der Waals surface area contributed by atoms with Gasteiger partial charge in [-0.1, -0.05) is 0 Å². The maximum absolute atomic E-state index is 5.04. The van der Waals surface area contributed by atoms with E-state index in [1.54, 1.807) is 13.3 Å². The Labute approximate surface area is 89.3 Å². The van der Waals surface area contributed by atoms with Crippen LogP contribution in [-0.2, 0) is 0 Å². The van der Waals surface area contributed by atoms with Crippen LogP contribution in [0.3, 0.4) is 0 Å². The molecule has 1 heterocycles. The van der Waals surface area contributed by atoms with Crippen LogP contribution in [0, 0.1) is 0 Å². The smallest absolute Gasteiger partial charge is 0.214 e. The van der Waals surface area contributed by atoms with Crippen LogP contribution in [0.1, 0.15) is 6.92 Å². The summed E-state index contributed by atoms with van der Waals surface area (Å²) in [6.45, 7) is 2.16. The maximum Gasteiger partial charge on any atom is 0.214 e. The van der Waals surface area contributed by atoms with Crippen molar-refractivity contribution in [3.63, 3.8) is 0 Å². The van der Waals surface area contributed by atoms with E-state index in [1.807, 2.05) is 23.9 Å². The highest BCUT2D eigenvalue weighted by molar-refractivity contribution is 7.98. The number of ether oxygens (including phenoxy) is 1. The third kappa shape index (κ3) is 3.46. The van der Waals surface area contributed by atoms with Gasteiger partial charge in [-0.2, -0.15) is 11.8 Å². The Morgan fingerprint density at radius 1 is 1.64 bits per heavy atom. The van der Waals surface area contributed by atoms with E-state index in [0.717, 1.165) is 11.4 Å². The molecule has 0 amide bonds. The van der Waals surface area contributed by atoms with Crippen molar-refractivity contribution in [2.24, 2.45) is 0 Å². The summed E-state index contributed by atoms with van der Waals surface area (Å²) in [6, 6.07) is 4.30. The molecule has 1 rings (SSSR count). The number of hydrogen-bond donors (Lipinski definition) is 1. The molecule has 1 aromatic heterocycles. The average molecular weight is 212 g/mol. The minimum absolute atomic E-state index is 0.456. The Hall–Kier alpha value is -0.900. The van der Waals surface area contributed by atoms with Crippen molar-refractivity contribution >= 4 is 17.4 Å². The van der Waals surface area contributed by atoms with Gasteiger partial charge in [-0.15, -0.1) is 0 Å². The molecule has 3 nitrogen and oxygen atoms in total. The van der Waals surface area contributed by atoms with Gasteiger partial charge in [0, 0.05) is 29.7 Å². The van der Waals surface area contributed by atoms with Gasteiger partial charge in [0.05, 0.1) is 7.11 Å². The first-order chi connectivity index (χ1) is 6.76. The molecular weight excluding hydrogens is 196 g/mol. The monoisotopic (exact) mass is 212 g/mol. The number of nitrogens with zero attached hydrogens (tertiary/aromatic N) is 1. The van der Waals surface area contributed by atoms with Crippen molar-refractivity contribution in [2.75, 3.05) is 24.4 Å².